The number of alkyl halides is 1. The van der Waals surface area contributed by atoms with Gasteiger partial charge in [-0.1, -0.05) is 6.07 Å². The van der Waals surface area contributed by atoms with E-state index in [0.29, 0.717) is 12.2 Å². The molecular weight excluding hydrogens is 205 g/mol. The van der Waals surface area contributed by atoms with E-state index < -0.39 is 5.82 Å². The quantitative estimate of drug-likeness (QED) is 0.787. The second kappa shape index (κ2) is 5.17. The van der Waals surface area contributed by atoms with E-state index in [1.54, 1.807) is 19.1 Å². The Morgan fingerprint density at radius 2 is 2.29 bits per heavy atom. The minimum atomic E-state index is -0.398. The molecule has 1 unspecified atom stereocenters. The van der Waals surface area contributed by atoms with E-state index in [0.717, 1.165) is 0 Å². The molecule has 1 rings (SSSR count). The number of nitrogens with two attached hydrogens (primary N) is 1. The normalized spacial score (nSPS) is 12.6. The molecule has 2 N–H and O–H groups in total. The average Bonchev–Trinajstić information content (AvgIpc) is 2.20. The van der Waals surface area contributed by atoms with Gasteiger partial charge in [0.2, 0.25) is 0 Å². The molecule has 0 heterocycles. The summed E-state index contributed by atoms with van der Waals surface area (Å²) >= 11 is 5.56. The van der Waals surface area contributed by atoms with Crippen LogP contribution in [0.25, 0.3) is 0 Å². The third kappa shape index (κ3) is 2.59. The van der Waals surface area contributed by atoms with Crippen LogP contribution in [0.1, 0.15) is 18.5 Å². The Morgan fingerprint density at radius 1 is 1.57 bits per heavy atom. The number of rotatable bonds is 4. The van der Waals surface area contributed by atoms with E-state index >= 15 is 0 Å². The van der Waals surface area contributed by atoms with Crippen molar-refractivity contribution in [1.29, 1.82) is 0 Å². The second-order valence-electron chi connectivity index (χ2n) is 2.88. The summed E-state index contributed by atoms with van der Waals surface area (Å²) in [6.07, 6.45) is 0. The molecule has 0 spiro atoms. The molecule has 0 amide bonds. The largest absolute Gasteiger partial charge is 0.491 e. The second-order valence-corrected chi connectivity index (χ2v) is 3.19. The lowest BCUT2D eigenvalue weighted by Crippen LogP contribution is -2.12. The SMILES string of the molecule is CCOc1ccc(C(N)CCl)cc1F. The van der Waals surface area contributed by atoms with Crippen molar-refractivity contribution in [3.05, 3.63) is 29.6 Å². The molecule has 0 saturated carbocycles. The Morgan fingerprint density at radius 3 is 2.79 bits per heavy atom. The predicted octanol–water partition coefficient (Wildman–Crippen LogP) is 2.46. The number of ether oxygens (including phenoxy) is 1. The van der Waals surface area contributed by atoms with Crippen LogP contribution in [0.4, 0.5) is 4.39 Å². The van der Waals surface area contributed by atoms with Crippen molar-refractivity contribution in [2.45, 2.75) is 13.0 Å². The molecule has 1 atom stereocenters. The van der Waals surface area contributed by atoms with Crippen LogP contribution >= 0.6 is 11.6 Å². The van der Waals surface area contributed by atoms with Gasteiger partial charge >= 0.3 is 0 Å². The smallest absolute Gasteiger partial charge is 0.165 e. The number of benzene rings is 1. The summed E-state index contributed by atoms with van der Waals surface area (Å²) < 4.78 is 18.4. The van der Waals surface area contributed by atoms with Crippen molar-refractivity contribution in [3.8, 4) is 5.75 Å². The summed E-state index contributed by atoms with van der Waals surface area (Å²) in [5.41, 5.74) is 6.33. The molecule has 0 aliphatic carbocycles. The lowest BCUT2D eigenvalue weighted by molar-refractivity contribution is 0.321. The van der Waals surface area contributed by atoms with Crippen molar-refractivity contribution < 1.29 is 9.13 Å². The maximum absolute atomic E-state index is 13.3. The summed E-state index contributed by atoms with van der Waals surface area (Å²) in [4.78, 5) is 0. The fraction of sp³-hybridized carbons (Fsp3) is 0.400. The Labute approximate surface area is 87.8 Å². The van der Waals surface area contributed by atoms with Gasteiger partial charge in [-0.3, -0.25) is 0 Å². The topological polar surface area (TPSA) is 35.2 Å². The summed E-state index contributed by atoms with van der Waals surface area (Å²) in [7, 11) is 0. The van der Waals surface area contributed by atoms with Gasteiger partial charge in [-0.25, -0.2) is 4.39 Å². The molecular formula is C10H13ClFNO. The maximum atomic E-state index is 13.3. The highest BCUT2D eigenvalue weighted by Crippen LogP contribution is 2.21. The third-order valence-electron chi connectivity index (χ3n) is 1.85. The van der Waals surface area contributed by atoms with Gasteiger partial charge in [0.1, 0.15) is 0 Å². The van der Waals surface area contributed by atoms with Crippen molar-refractivity contribution in [2.24, 2.45) is 5.73 Å². The van der Waals surface area contributed by atoms with Crippen LogP contribution in [0.15, 0.2) is 18.2 Å². The summed E-state index contributed by atoms with van der Waals surface area (Å²) in [6.45, 7) is 2.25. The molecule has 0 bridgehead atoms. The monoisotopic (exact) mass is 217 g/mol. The van der Waals surface area contributed by atoms with Crippen LogP contribution in [-0.2, 0) is 0 Å². The van der Waals surface area contributed by atoms with Gasteiger partial charge in [-0.05, 0) is 24.6 Å². The molecule has 14 heavy (non-hydrogen) atoms. The van der Waals surface area contributed by atoms with Crippen molar-refractivity contribution in [2.75, 3.05) is 12.5 Å². The van der Waals surface area contributed by atoms with E-state index in [1.165, 1.54) is 6.07 Å². The lowest BCUT2D eigenvalue weighted by atomic mass is 10.1. The molecule has 0 fully saturated rings. The first kappa shape index (κ1) is 11.3. The zero-order valence-electron chi connectivity index (χ0n) is 7.97. The molecule has 0 saturated heterocycles. The van der Waals surface area contributed by atoms with Gasteiger partial charge in [-0.15, -0.1) is 11.6 Å². The highest BCUT2D eigenvalue weighted by Gasteiger charge is 2.08. The van der Waals surface area contributed by atoms with E-state index in [-0.39, 0.29) is 17.7 Å². The highest BCUT2D eigenvalue weighted by molar-refractivity contribution is 6.18. The van der Waals surface area contributed by atoms with Crippen LogP contribution in [-0.4, -0.2) is 12.5 Å². The van der Waals surface area contributed by atoms with Crippen LogP contribution in [0.3, 0.4) is 0 Å². The molecule has 0 radical (unpaired) electrons. The van der Waals surface area contributed by atoms with Crippen LogP contribution in [0.5, 0.6) is 5.75 Å². The van der Waals surface area contributed by atoms with E-state index in [4.69, 9.17) is 22.1 Å². The lowest BCUT2D eigenvalue weighted by Gasteiger charge is -2.10. The summed E-state index contributed by atoms with van der Waals surface area (Å²) in [6, 6.07) is 4.32. The fourth-order valence-corrected chi connectivity index (χ4v) is 1.29. The van der Waals surface area contributed by atoms with Crippen LogP contribution < -0.4 is 10.5 Å². The van der Waals surface area contributed by atoms with Crippen molar-refractivity contribution >= 4 is 11.6 Å². The first-order chi connectivity index (χ1) is 6.69. The standard InChI is InChI=1S/C10H13ClFNO/c1-2-14-10-4-3-7(5-8(10)12)9(13)6-11/h3-5,9H,2,6,13H2,1H3. The molecule has 4 heteroatoms. The molecule has 0 aliphatic rings. The van der Waals surface area contributed by atoms with E-state index in [2.05, 4.69) is 0 Å². The fourth-order valence-electron chi connectivity index (χ4n) is 1.11. The van der Waals surface area contributed by atoms with E-state index in [9.17, 15) is 4.39 Å². The zero-order chi connectivity index (χ0) is 10.6. The summed E-state index contributed by atoms with van der Waals surface area (Å²) in [5, 5.41) is 0. The third-order valence-corrected chi connectivity index (χ3v) is 2.18. The van der Waals surface area contributed by atoms with Crippen molar-refractivity contribution in [1.82, 2.24) is 0 Å². The number of hydrogen-bond acceptors (Lipinski definition) is 2. The minimum Gasteiger partial charge on any atom is -0.491 e. The Kier molecular flexibility index (Phi) is 4.17. The van der Waals surface area contributed by atoms with Crippen LogP contribution in [0, 0.1) is 5.82 Å². The van der Waals surface area contributed by atoms with E-state index in [1.807, 2.05) is 0 Å². The Bertz CT molecular complexity index is 306. The number of halogens is 2. The van der Waals surface area contributed by atoms with Gasteiger partial charge in [0.25, 0.3) is 0 Å². The average molecular weight is 218 g/mol. The first-order valence-corrected chi connectivity index (χ1v) is 4.96. The molecule has 1 aromatic carbocycles. The summed E-state index contributed by atoms with van der Waals surface area (Å²) in [5.74, 6) is 0.121. The van der Waals surface area contributed by atoms with Gasteiger partial charge in [-0.2, -0.15) is 0 Å². The maximum Gasteiger partial charge on any atom is 0.165 e. The minimum absolute atomic E-state index is 0.248. The first-order valence-electron chi connectivity index (χ1n) is 4.42. The van der Waals surface area contributed by atoms with Gasteiger partial charge in [0.15, 0.2) is 11.6 Å². The molecule has 78 valence electrons. The van der Waals surface area contributed by atoms with Gasteiger partial charge in [0.05, 0.1) is 6.61 Å². The molecule has 0 aromatic heterocycles. The highest BCUT2D eigenvalue weighted by atomic mass is 35.5. The van der Waals surface area contributed by atoms with Gasteiger partial charge in [0, 0.05) is 11.9 Å². The Hall–Kier alpha value is -0.800. The molecule has 2 nitrogen and oxygen atoms in total. The van der Waals surface area contributed by atoms with Crippen LogP contribution in [0.2, 0.25) is 0 Å². The zero-order valence-corrected chi connectivity index (χ0v) is 8.72. The Balaban J connectivity index is 2.88. The predicted molar refractivity (Wildman–Crippen MR) is 55.2 cm³/mol. The number of hydrogen-bond donors (Lipinski definition) is 1. The molecule has 1 aromatic rings. The van der Waals surface area contributed by atoms with Crippen molar-refractivity contribution in [3.63, 3.8) is 0 Å². The van der Waals surface area contributed by atoms with Gasteiger partial charge < -0.3 is 10.5 Å². The molecule has 0 aliphatic heterocycles.